The maximum Gasteiger partial charge on any atom is 0.140 e. The van der Waals surface area contributed by atoms with Crippen LogP contribution in [0.25, 0.3) is 0 Å². The molecule has 0 amide bonds. The van der Waals surface area contributed by atoms with E-state index in [0.717, 1.165) is 0 Å². The van der Waals surface area contributed by atoms with Crippen molar-refractivity contribution in [3.8, 4) is 0 Å². The van der Waals surface area contributed by atoms with Crippen LogP contribution in [0, 0.1) is 0 Å². The summed E-state index contributed by atoms with van der Waals surface area (Å²) in [5, 5.41) is 0. The lowest BCUT2D eigenvalue weighted by atomic mass is 10.0. The van der Waals surface area contributed by atoms with Gasteiger partial charge in [0.2, 0.25) is 0 Å². The van der Waals surface area contributed by atoms with E-state index in [-0.39, 0.29) is 0 Å². The van der Waals surface area contributed by atoms with Crippen LogP contribution in [0.1, 0.15) is 124 Å². The van der Waals surface area contributed by atoms with Gasteiger partial charge in [-0.05, 0) is 26.7 Å². The molecule has 152 valence electrons. The van der Waals surface area contributed by atoms with Crippen molar-refractivity contribution in [3.63, 3.8) is 0 Å². The molecule has 0 unspecified atom stereocenters. The standard InChI is InChI=1S/C23H50OP/c1-6-7-8-9-10-11-12-13-14-15-16-17-18-19-20-21-22-25(4,5)24-23(2)3/h23H,6-22H2,1-5H3/q+1. The van der Waals surface area contributed by atoms with Crippen LogP contribution in [0.4, 0.5) is 0 Å². The SMILES string of the molecule is CCCCCCCCCCCCCCCCCC[P+](C)(C)OC(C)C. The first-order chi connectivity index (χ1) is 12.0. The first kappa shape index (κ1) is 25.4. The fraction of sp³-hybridized carbons (Fsp3) is 1.00. The lowest BCUT2D eigenvalue weighted by molar-refractivity contribution is 0.264. The van der Waals surface area contributed by atoms with Gasteiger partial charge in [0.15, 0.2) is 0 Å². The zero-order valence-electron chi connectivity index (χ0n) is 18.5. The third kappa shape index (κ3) is 20.6. The first-order valence-electron chi connectivity index (χ1n) is 11.5. The lowest BCUT2D eigenvalue weighted by Crippen LogP contribution is -2.07. The van der Waals surface area contributed by atoms with Crippen molar-refractivity contribution in [1.29, 1.82) is 0 Å². The maximum atomic E-state index is 6.07. The van der Waals surface area contributed by atoms with E-state index < -0.39 is 7.49 Å². The van der Waals surface area contributed by atoms with Gasteiger partial charge >= 0.3 is 0 Å². The largest absolute Gasteiger partial charge is 0.236 e. The highest BCUT2D eigenvalue weighted by atomic mass is 31.2. The highest BCUT2D eigenvalue weighted by Crippen LogP contribution is 2.54. The van der Waals surface area contributed by atoms with Crippen molar-refractivity contribution < 1.29 is 4.52 Å². The van der Waals surface area contributed by atoms with Gasteiger partial charge in [-0.3, -0.25) is 0 Å². The van der Waals surface area contributed by atoms with Crippen LogP contribution in [-0.2, 0) is 4.52 Å². The fourth-order valence-electron chi connectivity index (χ4n) is 3.66. The van der Waals surface area contributed by atoms with E-state index in [1.54, 1.807) is 0 Å². The second-order valence-electron chi connectivity index (χ2n) is 8.75. The van der Waals surface area contributed by atoms with Crippen LogP contribution in [0.3, 0.4) is 0 Å². The van der Waals surface area contributed by atoms with Crippen LogP contribution in [0.2, 0.25) is 0 Å². The number of rotatable bonds is 19. The molecule has 0 aromatic heterocycles. The zero-order chi connectivity index (χ0) is 18.8. The molecule has 0 aliphatic carbocycles. The summed E-state index contributed by atoms with van der Waals surface area (Å²) in [4.78, 5) is 0. The Kier molecular flexibility index (Phi) is 18.1. The minimum Gasteiger partial charge on any atom is -0.236 e. The zero-order valence-corrected chi connectivity index (χ0v) is 19.3. The van der Waals surface area contributed by atoms with Crippen molar-refractivity contribution in [3.05, 3.63) is 0 Å². The van der Waals surface area contributed by atoms with E-state index in [4.69, 9.17) is 4.52 Å². The van der Waals surface area contributed by atoms with E-state index in [9.17, 15) is 0 Å². The molecule has 0 heterocycles. The Morgan fingerprint density at radius 3 is 1.20 bits per heavy atom. The van der Waals surface area contributed by atoms with Crippen molar-refractivity contribution in [1.82, 2.24) is 0 Å². The molecule has 0 fully saturated rings. The van der Waals surface area contributed by atoms with Crippen LogP contribution in [0.5, 0.6) is 0 Å². The Balaban J connectivity index is 3.17. The van der Waals surface area contributed by atoms with Gasteiger partial charge in [-0.25, -0.2) is 4.52 Å². The summed E-state index contributed by atoms with van der Waals surface area (Å²) in [7, 11) is -1.09. The highest BCUT2D eigenvalue weighted by molar-refractivity contribution is 7.69. The molecule has 0 atom stereocenters. The van der Waals surface area contributed by atoms with Gasteiger partial charge in [0, 0.05) is 0 Å². The monoisotopic (exact) mass is 373 g/mol. The molecule has 0 radical (unpaired) electrons. The van der Waals surface area contributed by atoms with Crippen molar-refractivity contribution in [2.45, 2.75) is 130 Å². The summed E-state index contributed by atoms with van der Waals surface area (Å²) in [5.74, 6) is 0. The Hall–Kier alpha value is 0.390. The Morgan fingerprint density at radius 1 is 0.560 bits per heavy atom. The average Bonchev–Trinajstić information content (AvgIpc) is 2.53. The third-order valence-corrected chi connectivity index (χ3v) is 7.43. The van der Waals surface area contributed by atoms with E-state index in [2.05, 4.69) is 34.1 Å². The van der Waals surface area contributed by atoms with Crippen LogP contribution in [0.15, 0.2) is 0 Å². The van der Waals surface area contributed by atoms with E-state index >= 15 is 0 Å². The van der Waals surface area contributed by atoms with E-state index in [0.29, 0.717) is 6.10 Å². The average molecular weight is 374 g/mol. The van der Waals surface area contributed by atoms with E-state index in [1.165, 1.54) is 109 Å². The summed E-state index contributed by atoms with van der Waals surface area (Å²) in [6, 6.07) is 0. The summed E-state index contributed by atoms with van der Waals surface area (Å²) >= 11 is 0. The number of hydrogen-bond donors (Lipinski definition) is 0. The molecule has 0 saturated heterocycles. The smallest absolute Gasteiger partial charge is 0.140 e. The molecule has 0 aromatic rings. The van der Waals surface area contributed by atoms with Gasteiger partial charge in [0.05, 0.1) is 25.6 Å². The molecular formula is C23H50OP+. The van der Waals surface area contributed by atoms with Gasteiger partial charge in [0.1, 0.15) is 7.49 Å². The van der Waals surface area contributed by atoms with Crippen LogP contribution >= 0.6 is 7.49 Å². The number of hydrogen-bond acceptors (Lipinski definition) is 1. The van der Waals surface area contributed by atoms with Gasteiger partial charge in [-0.2, -0.15) is 0 Å². The fourth-order valence-corrected chi connectivity index (χ4v) is 5.90. The maximum absolute atomic E-state index is 6.07. The summed E-state index contributed by atoms with van der Waals surface area (Å²) in [6.07, 6.45) is 24.8. The highest BCUT2D eigenvalue weighted by Gasteiger charge is 2.27. The van der Waals surface area contributed by atoms with E-state index in [1.807, 2.05) is 0 Å². The molecule has 1 nitrogen and oxygen atoms in total. The molecule has 0 saturated carbocycles. The third-order valence-electron chi connectivity index (χ3n) is 5.05. The summed E-state index contributed by atoms with van der Waals surface area (Å²) in [5.41, 5.74) is 0. The Bertz CT molecular complexity index is 263. The molecule has 2 heteroatoms. The summed E-state index contributed by atoms with van der Waals surface area (Å²) in [6.45, 7) is 11.3. The normalized spacial score (nSPS) is 12.2. The van der Waals surface area contributed by atoms with Crippen LogP contribution in [-0.4, -0.2) is 25.6 Å². The van der Waals surface area contributed by atoms with Crippen molar-refractivity contribution >= 4 is 7.49 Å². The second kappa shape index (κ2) is 17.8. The van der Waals surface area contributed by atoms with Gasteiger partial charge in [-0.15, -0.1) is 0 Å². The summed E-state index contributed by atoms with van der Waals surface area (Å²) < 4.78 is 6.07. The topological polar surface area (TPSA) is 9.23 Å². The molecule has 0 aliphatic rings. The van der Waals surface area contributed by atoms with Gasteiger partial charge < -0.3 is 0 Å². The minimum absolute atomic E-state index is 0.393. The number of unbranched alkanes of at least 4 members (excludes halogenated alkanes) is 15. The van der Waals surface area contributed by atoms with Crippen molar-refractivity contribution in [2.24, 2.45) is 0 Å². The van der Waals surface area contributed by atoms with Gasteiger partial charge in [-0.1, -0.05) is 96.8 Å². The Labute approximate surface area is 161 Å². The predicted molar refractivity (Wildman–Crippen MR) is 119 cm³/mol. The molecule has 0 N–H and O–H groups in total. The van der Waals surface area contributed by atoms with Crippen molar-refractivity contribution in [2.75, 3.05) is 19.5 Å². The Morgan fingerprint density at radius 2 is 0.880 bits per heavy atom. The predicted octanol–water partition coefficient (Wildman–Crippen LogP) is 8.87. The van der Waals surface area contributed by atoms with Crippen LogP contribution < -0.4 is 0 Å². The molecule has 25 heavy (non-hydrogen) atoms. The molecular weight excluding hydrogens is 323 g/mol. The molecule has 0 bridgehead atoms. The van der Waals surface area contributed by atoms with Gasteiger partial charge in [0.25, 0.3) is 0 Å². The minimum atomic E-state index is -1.09. The molecule has 0 aliphatic heterocycles. The molecule has 0 rings (SSSR count). The first-order valence-corrected chi connectivity index (χ1v) is 14.3. The quantitative estimate of drug-likeness (QED) is 0.162. The second-order valence-corrected chi connectivity index (χ2v) is 12.6. The molecule has 0 spiro atoms. The molecule has 0 aromatic carbocycles. The lowest BCUT2D eigenvalue weighted by Gasteiger charge is -2.19.